The molecule has 7 heteroatoms. The summed E-state index contributed by atoms with van der Waals surface area (Å²) in [6.07, 6.45) is 15.1. The number of hydrogen-bond donors (Lipinski definition) is 2. The first-order valence-electron chi connectivity index (χ1n) is 21.2. The van der Waals surface area contributed by atoms with Crippen LogP contribution in [0.3, 0.4) is 0 Å². The molecule has 6 aliphatic rings. The van der Waals surface area contributed by atoms with Crippen LogP contribution in [0.4, 0.5) is 0 Å². The van der Waals surface area contributed by atoms with Crippen LogP contribution in [0, 0.1) is 68.5 Å². The second-order valence-electron chi connectivity index (χ2n) is 21.3. The van der Waals surface area contributed by atoms with E-state index in [1.807, 2.05) is 0 Å². The molecular weight excluding hydrogens is 649 g/mol. The number of aliphatic carboxylic acids is 1. The predicted molar refractivity (Wildman–Crippen MR) is 207 cm³/mol. The molecule has 294 valence electrons. The minimum atomic E-state index is -1.14. The highest BCUT2D eigenvalue weighted by Crippen LogP contribution is 2.77. The number of amides is 1. The maximum Gasteiger partial charge on any atom is 0.309 e. The molecule has 11 atom stereocenters. The van der Waals surface area contributed by atoms with Gasteiger partial charge in [-0.3, -0.25) is 14.4 Å². The smallest absolute Gasteiger partial charge is 0.309 e. The molecule has 0 aromatic heterocycles. The summed E-state index contributed by atoms with van der Waals surface area (Å²) in [6.45, 7) is 22.5. The van der Waals surface area contributed by atoms with E-state index in [0.717, 1.165) is 51.4 Å². The first kappa shape index (κ1) is 39.8. The number of fused-ring (bicyclic) bond motifs is 7. The first-order valence-corrected chi connectivity index (χ1v) is 21.2. The molecule has 7 nitrogen and oxygen atoms in total. The third-order valence-corrected chi connectivity index (χ3v) is 17.7. The minimum absolute atomic E-state index is 0.110. The second-order valence-corrected chi connectivity index (χ2v) is 21.3. The van der Waals surface area contributed by atoms with Crippen LogP contribution in [0.25, 0.3) is 0 Å². The van der Waals surface area contributed by atoms with Crippen LogP contribution < -0.4 is 5.32 Å². The highest BCUT2D eigenvalue weighted by molar-refractivity contribution is 5.81. The molecule has 0 heterocycles. The van der Waals surface area contributed by atoms with Crippen molar-refractivity contribution in [1.29, 1.82) is 0 Å². The Kier molecular flexibility index (Phi) is 10.7. The van der Waals surface area contributed by atoms with Gasteiger partial charge >= 0.3 is 11.9 Å². The van der Waals surface area contributed by atoms with E-state index in [2.05, 4.69) is 72.4 Å². The molecule has 0 aromatic carbocycles. The Morgan fingerprint density at radius 2 is 1.54 bits per heavy atom. The van der Waals surface area contributed by atoms with Gasteiger partial charge in [0.2, 0.25) is 5.91 Å². The molecule has 6 aliphatic carbocycles. The van der Waals surface area contributed by atoms with Gasteiger partial charge in [-0.1, -0.05) is 46.8 Å². The van der Waals surface area contributed by atoms with Crippen LogP contribution in [0.5, 0.6) is 0 Å². The maximum atomic E-state index is 13.9. The molecular formula is C45H74N2O5. The summed E-state index contributed by atoms with van der Waals surface area (Å²) in [6, 6.07) is 0.942. The number of esters is 1. The Labute approximate surface area is 316 Å². The van der Waals surface area contributed by atoms with Crippen molar-refractivity contribution in [3.05, 3.63) is 12.2 Å². The summed E-state index contributed by atoms with van der Waals surface area (Å²) in [5.41, 5.74) is 0.451. The summed E-state index contributed by atoms with van der Waals surface area (Å²) in [5.74, 6) is 2.78. The molecule has 1 unspecified atom stereocenters. The predicted octanol–water partition coefficient (Wildman–Crippen LogP) is 9.29. The number of nitrogens with one attached hydrogen (secondary N) is 1. The van der Waals surface area contributed by atoms with Crippen LogP contribution in [-0.2, 0) is 19.1 Å². The van der Waals surface area contributed by atoms with Crippen molar-refractivity contribution in [1.82, 2.24) is 10.2 Å². The van der Waals surface area contributed by atoms with Crippen LogP contribution in [-0.4, -0.2) is 60.1 Å². The van der Waals surface area contributed by atoms with Crippen molar-refractivity contribution in [3.8, 4) is 0 Å². The SMILES string of the molecule is C=C(C)[C@@H]1CCC2[C@@H](CC(=O)N[C@H]3CC[C@@H](N(C)C)CC3)C[C@]3(C)[C@H](CC[C@@H]4[C@@]5(C)CC[C@H](OC(=O)CC(C)(C)C(=O)O)C(C)(C)[C@@H]5CC[C@]43C)[C@H]21. The van der Waals surface area contributed by atoms with Crippen molar-refractivity contribution in [2.75, 3.05) is 14.1 Å². The number of ether oxygens (including phenoxy) is 1. The quantitative estimate of drug-likeness (QED) is 0.182. The van der Waals surface area contributed by atoms with Crippen LogP contribution in [0.2, 0.25) is 0 Å². The molecule has 0 radical (unpaired) electrons. The van der Waals surface area contributed by atoms with Gasteiger partial charge in [0.25, 0.3) is 0 Å². The monoisotopic (exact) mass is 723 g/mol. The summed E-state index contributed by atoms with van der Waals surface area (Å²) in [4.78, 5) is 41.2. The largest absolute Gasteiger partial charge is 0.481 e. The van der Waals surface area contributed by atoms with Crippen molar-refractivity contribution in [3.63, 3.8) is 0 Å². The van der Waals surface area contributed by atoms with E-state index < -0.39 is 11.4 Å². The Morgan fingerprint density at radius 1 is 0.865 bits per heavy atom. The molecule has 6 fully saturated rings. The summed E-state index contributed by atoms with van der Waals surface area (Å²) >= 11 is 0. The Hall–Kier alpha value is -1.89. The van der Waals surface area contributed by atoms with Gasteiger partial charge in [-0.25, -0.2) is 0 Å². The van der Waals surface area contributed by atoms with E-state index >= 15 is 0 Å². The molecule has 0 aromatic rings. The number of nitrogens with zero attached hydrogens (tertiary/aromatic N) is 1. The second kappa shape index (κ2) is 14.0. The molecule has 0 bridgehead atoms. The van der Waals surface area contributed by atoms with Gasteiger partial charge in [0.05, 0.1) is 11.8 Å². The van der Waals surface area contributed by atoms with E-state index in [-0.39, 0.29) is 46.1 Å². The van der Waals surface area contributed by atoms with Gasteiger partial charge in [0, 0.05) is 23.9 Å². The van der Waals surface area contributed by atoms with Gasteiger partial charge in [-0.2, -0.15) is 0 Å². The van der Waals surface area contributed by atoms with Crippen molar-refractivity contribution in [2.24, 2.45) is 68.5 Å². The zero-order valence-electron chi connectivity index (χ0n) is 34.6. The molecule has 1 amide bonds. The third-order valence-electron chi connectivity index (χ3n) is 17.7. The van der Waals surface area contributed by atoms with E-state index in [1.165, 1.54) is 37.7 Å². The normalized spacial score (nSPS) is 44.1. The number of carbonyl (C=O) groups excluding carboxylic acids is 2. The molecule has 0 spiro atoms. The average Bonchev–Trinajstić information content (AvgIpc) is 3.49. The van der Waals surface area contributed by atoms with Crippen LogP contribution in [0.15, 0.2) is 12.2 Å². The van der Waals surface area contributed by atoms with E-state index in [9.17, 15) is 19.5 Å². The fourth-order valence-corrected chi connectivity index (χ4v) is 14.7. The first-order chi connectivity index (χ1) is 24.2. The van der Waals surface area contributed by atoms with Gasteiger partial charge in [0.1, 0.15) is 6.10 Å². The standard InChI is InChI=1S/C45H74N2O5/c1-27(2)31-16-17-32-28(24-37(48)46-29-12-14-30(15-13-29)47(10)11)25-45(9)33(39(31)32)18-19-35-43(7)22-21-36(52-38(49)26-41(3,4)40(50)51)42(5,6)34(43)20-23-44(35,45)8/h28-36,39H,1,12-26H2,2-11H3,(H,46,48)(H,50,51)/t28-,29-,30+,31-,32?,33+,34-,35+,36-,39-,43-,44+,45+/m0/s1. The van der Waals surface area contributed by atoms with Gasteiger partial charge in [-0.15, -0.1) is 0 Å². The number of allylic oxidation sites excluding steroid dienone is 1. The summed E-state index contributed by atoms with van der Waals surface area (Å²) in [5, 5.41) is 13.2. The van der Waals surface area contributed by atoms with Gasteiger partial charge in [0.15, 0.2) is 0 Å². The highest BCUT2D eigenvalue weighted by Gasteiger charge is 2.70. The number of carbonyl (C=O) groups is 3. The lowest BCUT2D eigenvalue weighted by Crippen LogP contribution is -2.67. The number of rotatable bonds is 9. The van der Waals surface area contributed by atoms with Crippen molar-refractivity contribution < 1.29 is 24.2 Å². The van der Waals surface area contributed by atoms with Crippen LogP contribution >= 0.6 is 0 Å². The number of hydrogen-bond acceptors (Lipinski definition) is 5. The average molecular weight is 723 g/mol. The summed E-state index contributed by atoms with van der Waals surface area (Å²) in [7, 11) is 4.35. The molecule has 52 heavy (non-hydrogen) atoms. The van der Waals surface area contributed by atoms with Crippen LogP contribution in [0.1, 0.15) is 152 Å². The number of carboxylic acids is 1. The molecule has 0 saturated heterocycles. The zero-order valence-corrected chi connectivity index (χ0v) is 34.6. The van der Waals surface area contributed by atoms with E-state index in [0.29, 0.717) is 59.9 Å². The Bertz CT molecular complexity index is 1400. The van der Waals surface area contributed by atoms with E-state index in [1.54, 1.807) is 13.8 Å². The fraction of sp³-hybridized carbons (Fsp3) is 0.889. The minimum Gasteiger partial charge on any atom is -0.481 e. The maximum absolute atomic E-state index is 13.9. The molecule has 6 rings (SSSR count). The molecule has 6 saturated carbocycles. The Balaban J connectivity index is 1.23. The van der Waals surface area contributed by atoms with Crippen molar-refractivity contribution >= 4 is 17.8 Å². The lowest BCUT2D eigenvalue weighted by Gasteiger charge is -2.73. The highest BCUT2D eigenvalue weighted by atomic mass is 16.5. The fourth-order valence-electron chi connectivity index (χ4n) is 14.7. The third kappa shape index (κ3) is 6.61. The van der Waals surface area contributed by atoms with E-state index in [4.69, 9.17) is 4.74 Å². The topological polar surface area (TPSA) is 95.9 Å². The number of carboxylic acid groups (broad SMARTS) is 1. The zero-order chi connectivity index (χ0) is 38.2. The lowest BCUT2D eigenvalue weighted by atomic mass is 9.32. The Morgan fingerprint density at radius 3 is 2.15 bits per heavy atom. The lowest BCUT2D eigenvalue weighted by molar-refractivity contribution is -0.249. The van der Waals surface area contributed by atoms with Gasteiger partial charge in [-0.05, 0) is 176 Å². The molecule has 0 aliphatic heterocycles. The van der Waals surface area contributed by atoms with Crippen molar-refractivity contribution in [2.45, 2.75) is 170 Å². The van der Waals surface area contributed by atoms with Gasteiger partial charge < -0.3 is 20.1 Å². The molecule has 2 N–H and O–H groups in total. The summed E-state index contributed by atoms with van der Waals surface area (Å²) < 4.78 is 6.21.